The molecule has 0 aromatic heterocycles. The first-order valence-electron chi connectivity index (χ1n) is 9.29. The minimum Gasteiger partial charge on any atom is -0.377 e. The maximum atomic E-state index is 12.6. The van der Waals surface area contributed by atoms with Crippen molar-refractivity contribution in [2.45, 2.75) is 56.7 Å². The number of nitrogens with zero attached hydrogens (tertiary/aromatic N) is 2. The molecule has 0 bridgehead atoms. The Kier molecular flexibility index (Phi) is 6.06. The molecule has 1 heterocycles. The monoisotopic (exact) mass is 341 g/mol. The molecule has 5 nitrogen and oxygen atoms in total. The van der Waals surface area contributed by atoms with Gasteiger partial charge in [-0.3, -0.25) is 9.69 Å². The lowest BCUT2D eigenvalue weighted by molar-refractivity contribution is -0.124. The normalized spacial score (nSPS) is 22.0. The molecule has 2 fully saturated rings. The van der Waals surface area contributed by atoms with Gasteiger partial charge < -0.3 is 10.1 Å². The predicted octanol–water partition coefficient (Wildman–Crippen LogP) is 2.62. The molecule has 1 atom stereocenters. The van der Waals surface area contributed by atoms with Gasteiger partial charge in [-0.15, -0.1) is 0 Å². The zero-order chi connectivity index (χ0) is 17.5. The molecule has 1 aliphatic carbocycles. The smallest absolute Gasteiger partial charge is 0.235 e. The van der Waals surface area contributed by atoms with E-state index in [0.29, 0.717) is 13.1 Å². The fourth-order valence-corrected chi connectivity index (χ4v) is 3.86. The molecule has 0 spiro atoms. The van der Waals surface area contributed by atoms with E-state index in [9.17, 15) is 10.1 Å². The second-order valence-electron chi connectivity index (χ2n) is 7.24. The van der Waals surface area contributed by atoms with Crippen LogP contribution in [0.3, 0.4) is 0 Å². The number of carbonyl (C=O) groups is 1. The van der Waals surface area contributed by atoms with Crippen LogP contribution >= 0.6 is 0 Å². The molecule has 3 rings (SSSR count). The van der Waals surface area contributed by atoms with Crippen LogP contribution in [0, 0.1) is 11.3 Å². The van der Waals surface area contributed by atoms with Crippen LogP contribution in [-0.2, 0) is 16.1 Å². The molecular weight excluding hydrogens is 314 g/mol. The molecule has 1 amide bonds. The van der Waals surface area contributed by atoms with E-state index >= 15 is 0 Å². The highest BCUT2D eigenvalue weighted by molar-refractivity contribution is 5.79. The summed E-state index contributed by atoms with van der Waals surface area (Å²) in [5.74, 6) is -0.0580. The van der Waals surface area contributed by atoms with Crippen LogP contribution in [0.1, 0.15) is 44.1 Å². The third-order valence-corrected chi connectivity index (χ3v) is 5.15. The standard InChI is InChI=1S/C20H27N3O2/c21-16-20(10-4-5-11-20)22-19(24)15-23(14-18-9-6-12-25-18)13-17-7-2-1-3-8-17/h1-3,7-8,18H,4-6,9-15H2,(H,22,24). The minimum absolute atomic E-state index is 0.0580. The third-order valence-electron chi connectivity index (χ3n) is 5.15. The molecule has 1 N–H and O–H groups in total. The molecule has 134 valence electrons. The van der Waals surface area contributed by atoms with Crippen molar-refractivity contribution in [2.75, 3.05) is 19.7 Å². The summed E-state index contributed by atoms with van der Waals surface area (Å²) in [4.78, 5) is 14.7. The predicted molar refractivity (Wildman–Crippen MR) is 95.6 cm³/mol. The van der Waals surface area contributed by atoms with Crippen molar-refractivity contribution < 1.29 is 9.53 Å². The minimum atomic E-state index is -0.653. The van der Waals surface area contributed by atoms with Crippen molar-refractivity contribution in [3.8, 4) is 6.07 Å². The van der Waals surface area contributed by atoms with Gasteiger partial charge in [0.1, 0.15) is 5.54 Å². The quantitative estimate of drug-likeness (QED) is 0.828. The van der Waals surface area contributed by atoms with Crippen molar-refractivity contribution in [1.82, 2.24) is 10.2 Å². The summed E-state index contributed by atoms with van der Waals surface area (Å²) in [6.45, 7) is 2.58. The van der Waals surface area contributed by atoms with Crippen molar-refractivity contribution in [1.29, 1.82) is 5.26 Å². The van der Waals surface area contributed by atoms with Crippen LogP contribution in [0.4, 0.5) is 0 Å². The third kappa shape index (κ3) is 5.04. The van der Waals surface area contributed by atoms with Gasteiger partial charge in [-0.25, -0.2) is 0 Å². The van der Waals surface area contributed by atoms with Crippen molar-refractivity contribution in [3.05, 3.63) is 35.9 Å². The fourth-order valence-electron chi connectivity index (χ4n) is 3.86. The van der Waals surface area contributed by atoms with Gasteiger partial charge in [-0.05, 0) is 44.1 Å². The second-order valence-corrected chi connectivity index (χ2v) is 7.24. The van der Waals surface area contributed by atoms with Gasteiger partial charge in [0.15, 0.2) is 0 Å². The van der Waals surface area contributed by atoms with Crippen LogP contribution in [0.5, 0.6) is 0 Å². The molecule has 1 unspecified atom stereocenters. The van der Waals surface area contributed by atoms with Gasteiger partial charge in [-0.1, -0.05) is 30.3 Å². The van der Waals surface area contributed by atoms with E-state index < -0.39 is 5.54 Å². The summed E-state index contributed by atoms with van der Waals surface area (Å²) in [5.41, 5.74) is 0.531. The van der Waals surface area contributed by atoms with Gasteiger partial charge in [0.25, 0.3) is 0 Å². The van der Waals surface area contributed by atoms with Crippen LogP contribution in [-0.4, -0.2) is 42.1 Å². The molecule has 1 saturated heterocycles. The van der Waals surface area contributed by atoms with E-state index in [2.05, 4.69) is 28.4 Å². The number of nitriles is 1. The SMILES string of the molecule is N#CC1(NC(=O)CN(Cc2ccccc2)CC2CCCO2)CCCC1. The van der Waals surface area contributed by atoms with Crippen LogP contribution in [0.25, 0.3) is 0 Å². The highest BCUT2D eigenvalue weighted by atomic mass is 16.5. The Bertz CT molecular complexity index is 599. The second kappa shape index (κ2) is 8.46. The molecular formula is C20H27N3O2. The molecule has 0 radical (unpaired) electrons. The first-order chi connectivity index (χ1) is 12.2. The molecule has 2 aliphatic rings. The largest absolute Gasteiger partial charge is 0.377 e. The Labute approximate surface area is 150 Å². The maximum Gasteiger partial charge on any atom is 0.235 e. The number of amides is 1. The highest BCUT2D eigenvalue weighted by Gasteiger charge is 2.35. The first-order valence-corrected chi connectivity index (χ1v) is 9.29. The highest BCUT2D eigenvalue weighted by Crippen LogP contribution is 2.28. The van der Waals surface area contributed by atoms with E-state index in [0.717, 1.165) is 51.7 Å². The molecule has 1 aromatic carbocycles. The number of nitrogens with one attached hydrogen (secondary N) is 1. The Hall–Kier alpha value is -1.90. The van der Waals surface area contributed by atoms with Crippen molar-refractivity contribution in [3.63, 3.8) is 0 Å². The lowest BCUT2D eigenvalue weighted by atomic mass is 10.00. The van der Waals surface area contributed by atoms with Crippen molar-refractivity contribution >= 4 is 5.91 Å². The van der Waals surface area contributed by atoms with Crippen LogP contribution in [0.2, 0.25) is 0 Å². The van der Waals surface area contributed by atoms with Gasteiger partial charge in [0, 0.05) is 19.7 Å². The van der Waals surface area contributed by atoms with Crippen molar-refractivity contribution in [2.24, 2.45) is 0 Å². The fraction of sp³-hybridized carbons (Fsp3) is 0.600. The number of ether oxygens (including phenoxy) is 1. The first kappa shape index (κ1) is 17.9. The summed E-state index contributed by atoms with van der Waals surface area (Å²) >= 11 is 0. The summed E-state index contributed by atoms with van der Waals surface area (Å²) in [6, 6.07) is 12.5. The number of benzene rings is 1. The van der Waals surface area contributed by atoms with Gasteiger partial charge in [0.05, 0.1) is 18.7 Å². The van der Waals surface area contributed by atoms with Gasteiger partial charge in [0.2, 0.25) is 5.91 Å². The number of carbonyl (C=O) groups excluding carboxylic acids is 1. The zero-order valence-electron chi connectivity index (χ0n) is 14.7. The Balaban J connectivity index is 1.61. The average Bonchev–Trinajstić information content (AvgIpc) is 3.28. The lowest BCUT2D eigenvalue weighted by Crippen LogP contribution is -2.49. The zero-order valence-corrected chi connectivity index (χ0v) is 14.7. The molecule has 1 aliphatic heterocycles. The summed E-state index contributed by atoms with van der Waals surface area (Å²) < 4.78 is 5.75. The summed E-state index contributed by atoms with van der Waals surface area (Å²) in [6.07, 6.45) is 5.89. The van der Waals surface area contributed by atoms with E-state index in [4.69, 9.17) is 4.74 Å². The van der Waals surface area contributed by atoms with Gasteiger partial charge >= 0.3 is 0 Å². The Morgan fingerprint density at radius 2 is 2.04 bits per heavy atom. The molecule has 1 aromatic rings. The molecule has 25 heavy (non-hydrogen) atoms. The van der Waals surface area contributed by atoms with E-state index in [1.807, 2.05) is 18.2 Å². The maximum absolute atomic E-state index is 12.6. The number of hydrogen-bond acceptors (Lipinski definition) is 4. The Morgan fingerprint density at radius 1 is 1.28 bits per heavy atom. The lowest BCUT2D eigenvalue weighted by Gasteiger charge is -2.27. The topological polar surface area (TPSA) is 65.4 Å². The average molecular weight is 341 g/mol. The summed E-state index contributed by atoms with van der Waals surface area (Å²) in [5, 5.41) is 12.5. The van der Waals surface area contributed by atoms with E-state index in [-0.39, 0.29) is 12.0 Å². The molecule has 5 heteroatoms. The van der Waals surface area contributed by atoms with E-state index in [1.165, 1.54) is 5.56 Å². The van der Waals surface area contributed by atoms with Crippen LogP contribution in [0.15, 0.2) is 30.3 Å². The van der Waals surface area contributed by atoms with Crippen LogP contribution < -0.4 is 5.32 Å². The number of hydrogen-bond donors (Lipinski definition) is 1. The number of rotatable bonds is 7. The molecule has 1 saturated carbocycles. The van der Waals surface area contributed by atoms with Gasteiger partial charge in [-0.2, -0.15) is 5.26 Å². The van der Waals surface area contributed by atoms with E-state index in [1.54, 1.807) is 0 Å². The summed E-state index contributed by atoms with van der Waals surface area (Å²) in [7, 11) is 0. The Morgan fingerprint density at radius 3 is 2.68 bits per heavy atom.